The van der Waals surface area contributed by atoms with Crippen molar-refractivity contribution in [1.29, 1.82) is 0 Å². The summed E-state index contributed by atoms with van der Waals surface area (Å²) in [6, 6.07) is 4.12. The summed E-state index contributed by atoms with van der Waals surface area (Å²) < 4.78 is 0. The molecule has 6 nitrogen and oxygen atoms in total. The van der Waals surface area contributed by atoms with E-state index in [9.17, 15) is 14.9 Å². The number of nitro benzene ring substituents is 1. The van der Waals surface area contributed by atoms with Gasteiger partial charge in [0.05, 0.1) is 4.92 Å². The van der Waals surface area contributed by atoms with E-state index in [2.05, 4.69) is 19.2 Å². The van der Waals surface area contributed by atoms with Gasteiger partial charge in [-0.25, -0.2) is 0 Å². The number of nitro groups is 1. The molecule has 0 radical (unpaired) electrons. The highest BCUT2D eigenvalue weighted by Crippen LogP contribution is 2.35. The highest BCUT2D eigenvalue weighted by Gasteiger charge is 2.30. The van der Waals surface area contributed by atoms with Crippen LogP contribution >= 0.6 is 0 Å². The molecule has 1 unspecified atom stereocenters. The molecule has 1 aliphatic carbocycles. The number of carbonyl (C=O) groups excluding carboxylic acids is 1. The van der Waals surface area contributed by atoms with Gasteiger partial charge in [0.2, 0.25) is 0 Å². The van der Waals surface area contributed by atoms with Gasteiger partial charge < -0.3 is 11.1 Å². The van der Waals surface area contributed by atoms with E-state index in [-0.39, 0.29) is 22.7 Å². The lowest BCUT2D eigenvalue weighted by atomic mass is 9.75. The van der Waals surface area contributed by atoms with Crippen LogP contribution in [-0.4, -0.2) is 16.9 Å². The van der Waals surface area contributed by atoms with Gasteiger partial charge in [-0.15, -0.1) is 0 Å². The monoisotopic (exact) mass is 291 g/mol. The van der Waals surface area contributed by atoms with Crippen LogP contribution in [0.2, 0.25) is 0 Å². The lowest BCUT2D eigenvalue weighted by molar-refractivity contribution is -0.385. The third-order valence-electron chi connectivity index (χ3n) is 4.00. The first-order valence-electron chi connectivity index (χ1n) is 7.13. The van der Waals surface area contributed by atoms with Crippen molar-refractivity contribution in [3.63, 3.8) is 0 Å². The normalized spacial score (nSPS) is 20.8. The Labute approximate surface area is 123 Å². The number of nitrogens with two attached hydrogens (primary N) is 1. The van der Waals surface area contributed by atoms with Crippen LogP contribution in [-0.2, 0) is 0 Å². The first-order chi connectivity index (χ1) is 9.78. The zero-order valence-corrected chi connectivity index (χ0v) is 12.4. The molecule has 1 aromatic carbocycles. The SMILES string of the molecule is CC1(C)CCCC(NC(=O)c2cc(N)ccc2[N+](=O)[O-])C1. The molecule has 0 aliphatic heterocycles. The van der Waals surface area contributed by atoms with Gasteiger partial charge in [-0.2, -0.15) is 0 Å². The molecule has 1 aliphatic rings. The van der Waals surface area contributed by atoms with Crippen molar-refractivity contribution < 1.29 is 9.72 Å². The summed E-state index contributed by atoms with van der Waals surface area (Å²) in [5.74, 6) is -0.420. The molecule has 1 aromatic rings. The van der Waals surface area contributed by atoms with Crippen LogP contribution in [0.15, 0.2) is 18.2 Å². The predicted octanol–water partition coefficient (Wildman–Crippen LogP) is 2.88. The van der Waals surface area contributed by atoms with Gasteiger partial charge in [0.15, 0.2) is 0 Å². The minimum Gasteiger partial charge on any atom is -0.399 e. The molecule has 0 aromatic heterocycles. The van der Waals surface area contributed by atoms with Crippen molar-refractivity contribution >= 4 is 17.3 Å². The van der Waals surface area contributed by atoms with Crippen LogP contribution in [0.4, 0.5) is 11.4 Å². The average Bonchev–Trinajstić information content (AvgIpc) is 2.36. The largest absolute Gasteiger partial charge is 0.399 e. The predicted molar refractivity (Wildman–Crippen MR) is 81.0 cm³/mol. The number of anilines is 1. The number of nitrogen functional groups attached to an aromatic ring is 1. The smallest absolute Gasteiger partial charge is 0.282 e. The number of carbonyl (C=O) groups is 1. The molecule has 1 saturated carbocycles. The standard InChI is InChI=1S/C15H21N3O3/c1-15(2)7-3-4-11(9-15)17-14(19)12-8-10(16)5-6-13(12)18(20)21/h5-6,8,11H,3-4,7,9,16H2,1-2H3,(H,17,19). The number of nitrogens with one attached hydrogen (secondary N) is 1. The molecule has 3 N–H and O–H groups in total. The van der Waals surface area contributed by atoms with E-state index in [0.717, 1.165) is 25.7 Å². The lowest BCUT2D eigenvalue weighted by Crippen LogP contribution is -2.40. The Balaban J connectivity index is 2.17. The van der Waals surface area contributed by atoms with Crippen molar-refractivity contribution in [2.24, 2.45) is 5.41 Å². The summed E-state index contributed by atoms with van der Waals surface area (Å²) >= 11 is 0. The van der Waals surface area contributed by atoms with Gasteiger partial charge in [0.1, 0.15) is 5.56 Å². The number of benzene rings is 1. The Morgan fingerprint density at radius 1 is 1.48 bits per heavy atom. The summed E-state index contributed by atoms with van der Waals surface area (Å²) in [6.45, 7) is 4.35. The van der Waals surface area contributed by atoms with Gasteiger partial charge in [0, 0.05) is 17.8 Å². The second-order valence-electron chi connectivity index (χ2n) is 6.46. The van der Waals surface area contributed by atoms with E-state index in [0.29, 0.717) is 5.69 Å². The maximum Gasteiger partial charge on any atom is 0.282 e. The van der Waals surface area contributed by atoms with E-state index in [4.69, 9.17) is 5.73 Å². The molecular formula is C15H21N3O3. The van der Waals surface area contributed by atoms with Crippen molar-refractivity contribution in [2.75, 3.05) is 5.73 Å². The fourth-order valence-corrected chi connectivity index (χ4v) is 2.98. The Bertz CT molecular complexity index is 569. The molecule has 0 bridgehead atoms. The number of hydrogen-bond acceptors (Lipinski definition) is 4. The zero-order valence-electron chi connectivity index (χ0n) is 12.4. The van der Waals surface area contributed by atoms with E-state index in [1.165, 1.54) is 18.2 Å². The van der Waals surface area contributed by atoms with E-state index < -0.39 is 10.8 Å². The maximum absolute atomic E-state index is 12.3. The molecule has 21 heavy (non-hydrogen) atoms. The van der Waals surface area contributed by atoms with Crippen LogP contribution in [0.3, 0.4) is 0 Å². The van der Waals surface area contributed by atoms with Crippen LogP contribution < -0.4 is 11.1 Å². The van der Waals surface area contributed by atoms with Crippen molar-refractivity contribution in [3.8, 4) is 0 Å². The third kappa shape index (κ3) is 3.71. The summed E-state index contributed by atoms with van der Waals surface area (Å²) in [7, 11) is 0. The first kappa shape index (κ1) is 15.3. The van der Waals surface area contributed by atoms with Gasteiger partial charge in [0.25, 0.3) is 11.6 Å². The van der Waals surface area contributed by atoms with Gasteiger partial charge >= 0.3 is 0 Å². The molecule has 1 atom stereocenters. The maximum atomic E-state index is 12.3. The molecule has 0 heterocycles. The fraction of sp³-hybridized carbons (Fsp3) is 0.533. The molecule has 1 amide bonds. The molecule has 1 fully saturated rings. The van der Waals surface area contributed by atoms with Crippen LogP contribution in [0.5, 0.6) is 0 Å². The second kappa shape index (κ2) is 5.71. The highest BCUT2D eigenvalue weighted by molar-refractivity contribution is 5.99. The number of hydrogen-bond donors (Lipinski definition) is 2. The Morgan fingerprint density at radius 2 is 2.19 bits per heavy atom. The minimum absolute atomic E-state index is 0.0309. The summed E-state index contributed by atoms with van der Waals surface area (Å²) in [5.41, 5.74) is 5.99. The summed E-state index contributed by atoms with van der Waals surface area (Å²) in [5, 5.41) is 13.9. The molecular weight excluding hydrogens is 270 g/mol. The molecule has 6 heteroatoms. The van der Waals surface area contributed by atoms with Crippen LogP contribution in [0, 0.1) is 15.5 Å². The van der Waals surface area contributed by atoms with Crippen LogP contribution in [0.25, 0.3) is 0 Å². The minimum atomic E-state index is -0.556. The van der Waals surface area contributed by atoms with E-state index >= 15 is 0 Å². The zero-order chi connectivity index (χ0) is 15.6. The van der Waals surface area contributed by atoms with Gasteiger partial charge in [-0.3, -0.25) is 14.9 Å². The number of amides is 1. The Morgan fingerprint density at radius 3 is 2.81 bits per heavy atom. The van der Waals surface area contributed by atoms with Gasteiger partial charge in [-0.1, -0.05) is 20.3 Å². The van der Waals surface area contributed by atoms with Crippen LogP contribution in [0.1, 0.15) is 49.9 Å². The van der Waals surface area contributed by atoms with Crippen molar-refractivity contribution in [3.05, 3.63) is 33.9 Å². The Hall–Kier alpha value is -2.11. The quantitative estimate of drug-likeness (QED) is 0.508. The topological polar surface area (TPSA) is 98.3 Å². The van der Waals surface area contributed by atoms with Crippen molar-refractivity contribution in [1.82, 2.24) is 5.32 Å². The first-order valence-corrected chi connectivity index (χ1v) is 7.13. The molecule has 114 valence electrons. The molecule has 0 spiro atoms. The van der Waals surface area contributed by atoms with Crippen molar-refractivity contribution in [2.45, 2.75) is 45.6 Å². The van der Waals surface area contributed by atoms with Gasteiger partial charge in [-0.05, 0) is 36.8 Å². The molecule has 2 rings (SSSR count). The van der Waals surface area contributed by atoms with E-state index in [1.54, 1.807) is 0 Å². The highest BCUT2D eigenvalue weighted by atomic mass is 16.6. The van der Waals surface area contributed by atoms with E-state index in [1.807, 2.05) is 0 Å². The Kier molecular flexibility index (Phi) is 4.16. The summed E-state index contributed by atoms with van der Waals surface area (Å²) in [6.07, 6.45) is 3.98. The number of nitrogens with zero attached hydrogens (tertiary/aromatic N) is 1. The molecule has 0 saturated heterocycles. The summed E-state index contributed by atoms with van der Waals surface area (Å²) in [4.78, 5) is 22.8. The average molecular weight is 291 g/mol. The third-order valence-corrected chi connectivity index (χ3v) is 4.00. The number of rotatable bonds is 3. The lowest BCUT2D eigenvalue weighted by Gasteiger charge is -2.35. The second-order valence-corrected chi connectivity index (χ2v) is 6.46. The fourth-order valence-electron chi connectivity index (χ4n) is 2.98.